The smallest absolute Gasteiger partial charge is 0.410 e. The van der Waals surface area contributed by atoms with Crippen LogP contribution in [0.5, 0.6) is 0 Å². The number of hydrogen-bond donors (Lipinski definition) is 1. The summed E-state index contributed by atoms with van der Waals surface area (Å²) in [5, 5.41) is 4.42. The highest BCUT2D eigenvalue weighted by atomic mass is 35.5. The van der Waals surface area contributed by atoms with Gasteiger partial charge in [-0.1, -0.05) is 72.3 Å². The Morgan fingerprint density at radius 2 is 1.83 bits per heavy atom. The first-order valence-electron chi connectivity index (χ1n) is 10.3. The summed E-state index contributed by atoms with van der Waals surface area (Å²) in [6.07, 6.45) is 0.650. The predicted octanol–water partition coefficient (Wildman–Crippen LogP) is 6.21. The molecule has 30 heavy (non-hydrogen) atoms. The van der Waals surface area contributed by atoms with Gasteiger partial charge in [-0.15, -0.1) is 0 Å². The minimum atomic E-state index is -0.257. The van der Waals surface area contributed by atoms with Gasteiger partial charge < -0.3 is 15.0 Å². The molecule has 2 aliphatic rings. The topological polar surface area (TPSA) is 41.6 Å². The van der Waals surface area contributed by atoms with E-state index in [9.17, 15) is 4.79 Å². The highest BCUT2D eigenvalue weighted by Gasteiger charge is 2.46. The quantitative estimate of drug-likeness (QED) is 0.550. The molecule has 5 rings (SSSR count). The van der Waals surface area contributed by atoms with E-state index < -0.39 is 0 Å². The Morgan fingerprint density at radius 3 is 2.67 bits per heavy atom. The zero-order chi connectivity index (χ0) is 20.5. The Bertz CT molecular complexity index is 1060. The summed E-state index contributed by atoms with van der Waals surface area (Å²) in [7, 11) is 0. The maximum atomic E-state index is 13.0. The van der Waals surface area contributed by atoms with Crippen LogP contribution in [0.25, 0.3) is 0 Å². The Kier molecular flexibility index (Phi) is 5.09. The van der Waals surface area contributed by atoms with Gasteiger partial charge in [0.2, 0.25) is 0 Å². The summed E-state index contributed by atoms with van der Waals surface area (Å²) in [4.78, 5) is 14.9. The number of ether oxygens (including phenoxy) is 1. The van der Waals surface area contributed by atoms with E-state index in [-0.39, 0.29) is 30.7 Å². The monoisotopic (exact) mass is 418 g/mol. The molecule has 1 fully saturated rings. The van der Waals surface area contributed by atoms with E-state index in [2.05, 4.69) is 23.5 Å². The zero-order valence-corrected chi connectivity index (χ0v) is 17.3. The zero-order valence-electron chi connectivity index (χ0n) is 16.5. The number of nitrogens with zero attached hydrogens (tertiary/aromatic N) is 1. The van der Waals surface area contributed by atoms with Crippen molar-refractivity contribution in [2.24, 2.45) is 5.92 Å². The van der Waals surface area contributed by atoms with Crippen LogP contribution in [0.2, 0.25) is 5.02 Å². The van der Waals surface area contributed by atoms with Crippen LogP contribution in [0.3, 0.4) is 0 Å². The molecule has 1 saturated heterocycles. The second-order valence-electron chi connectivity index (χ2n) is 7.90. The number of carbonyl (C=O) groups excluding carboxylic acids is 1. The SMILES string of the molecule is O=C(OCc1ccccc1)N1CC[C@@H]2[C@H]1c1ccccc1N[C@H]2c1cccc(Cl)c1. The number of hydrogen-bond acceptors (Lipinski definition) is 3. The van der Waals surface area contributed by atoms with Gasteiger partial charge in [-0.2, -0.15) is 0 Å². The van der Waals surface area contributed by atoms with Gasteiger partial charge in [-0.05, 0) is 41.3 Å². The average molecular weight is 419 g/mol. The molecule has 152 valence electrons. The molecule has 0 bridgehead atoms. The van der Waals surface area contributed by atoms with Crippen molar-refractivity contribution in [3.63, 3.8) is 0 Å². The molecule has 0 aliphatic carbocycles. The molecule has 0 radical (unpaired) electrons. The molecule has 0 unspecified atom stereocenters. The summed E-state index contributed by atoms with van der Waals surface area (Å²) >= 11 is 6.27. The van der Waals surface area contributed by atoms with Crippen molar-refractivity contribution < 1.29 is 9.53 Å². The second kappa shape index (κ2) is 8.04. The fraction of sp³-hybridized carbons (Fsp3) is 0.240. The van der Waals surface area contributed by atoms with Crippen LogP contribution in [0, 0.1) is 5.92 Å². The normalized spacial score (nSPS) is 22.0. The Hall–Kier alpha value is -2.98. The fourth-order valence-electron chi connectivity index (χ4n) is 4.76. The molecule has 5 heteroatoms. The van der Waals surface area contributed by atoms with Crippen molar-refractivity contribution >= 4 is 23.4 Å². The molecule has 3 atom stereocenters. The Balaban J connectivity index is 1.43. The molecule has 4 nitrogen and oxygen atoms in total. The minimum absolute atomic E-state index is 0.0188. The van der Waals surface area contributed by atoms with E-state index in [0.29, 0.717) is 6.54 Å². The molecular formula is C25H23ClN2O2. The molecule has 0 saturated carbocycles. The number of halogens is 1. The first-order valence-corrected chi connectivity index (χ1v) is 10.7. The summed E-state index contributed by atoms with van der Waals surface area (Å²) in [6.45, 7) is 0.960. The van der Waals surface area contributed by atoms with Gasteiger partial charge in [0.1, 0.15) is 6.61 Å². The van der Waals surface area contributed by atoms with Crippen molar-refractivity contribution in [1.29, 1.82) is 0 Å². The lowest BCUT2D eigenvalue weighted by molar-refractivity contribution is 0.0865. The number of para-hydroxylation sites is 1. The van der Waals surface area contributed by atoms with Gasteiger partial charge in [0.25, 0.3) is 0 Å². The van der Waals surface area contributed by atoms with Crippen molar-refractivity contribution in [2.75, 3.05) is 11.9 Å². The third kappa shape index (κ3) is 3.52. The molecule has 0 spiro atoms. The first kappa shape index (κ1) is 19.0. The number of likely N-dealkylation sites (tertiary alicyclic amines) is 1. The predicted molar refractivity (Wildman–Crippen MR) is 118 cm³/mol. The van der Waals surface area contributed by atoms with Crippen LogP contribution in [-0.2, 0) is 11.3 Å². The number of amides is 1. The summed E-state index contributed by atoms with van der Waals surface area (Å²) < 4.78 is 5.68. The van der Waals surface area contributed by atoms with E-state index in [1.54, 1.807) is 0 Å². The van der Waals surface area contributed by atoms with Gasteiger partial charge in [-0.25, -0.2) is 4.79 Å². The van der Waals surface area contributed by atoms with Crippen LogP contribution >= 0.6 is 11.6 Å². The van der Waals surface area contributed by atoms with Gasteiger partial charge >= 0.3 is 6.09 Å². The molecule has 1 amide bonds. The third-order valence-corrected chi connectivity index (χ3v) is 6.35. The Morgan fingerprint density at radius 1 is 1.03 bits per heavy atom. The van der Waals surface area contributed by atoms with Crippen LogP contribution in [0.1, 0.15) is 35.2 Å². The molecule has 1 N–H and O–H groups in total. The lowest BCUT2D eigenvalue weighted by Gasteiger charge is -2.39. The van der Waals surface area contributed by atoms with E-state index in [4.69, 9.17) is 16.3 Å². The summed E-state index contributed by atoms with van der Waals surface area (Å²) in [5.74, 6) is 0.252. The highest BCUT2D eigenvalue weighted by Crippen LogP contribution is 2.51. The Labute approximate surface area is 181 Å². The van der Waals surface area contributed by atoms with E-state index in [1.807, 2.05) is 65.6 Å². The van der Waals surface area contributed by atoms with Gasteiger partial charge in [0.05, 0.1) is 12.1 Å². The molecule has 3 aromatic carbocycles. The van der Waals surface area contributed by atoms with Crippen LogP contribution in [-0.4, -0.2) is 17.5 Å². The van der Waals surface area contributed by atoms with Crippen molar-refractivity contribution in [2.45, 2.75) is 25.1 Å². The number of nitrogens with one attached hydrogen (secondary N) is 1. The maximum Gasteiger partial charge on any atom is 0.410 e. The highest BCUT2D eigenvalue weighted by molar-refractivity contribution is 6.30. The van der Waals surface area contributed by atoms with Gasteiger partial charge in [0, 0.05) is 23.2 Å². The van der Waals surface area contributed by atoms with E-state index >= 15 is 0 Å². The largest absolute Gasteiger partial charge is 0.445 e. The number of carbonyl (C=O) groups is 1. The number of rotatable bonds is 3. The molecule has 2 aliphatic heterocycles. The standard InChI is InChI=1S/C25H23ClN2O2/c26-19-10-6-9-18(15-19)23-21-13-14-28(24(21)20-11-4-5-12-22(20)27-23)25(29)30-16-17-7-2-1-3-8-17/h1-12,15,21,23-24,27H,13-14,16H2/t21-,23-,24+/m0/s1. The van der Waals surface area contributed by atoms with Crippen LogP contribution in [0.15, 0.2) is 78.9 Å². The second-order valence-corrected chi connectivity index (χ2v) is 8.33. The number of anilines is 1. The minimum Gasteiger partial charge on any atom is -0.445 e. The number of benzene rings is 3. The summed E-state index contributed by atoms with van der Waals surface area (Å²) in [6, 6.07) is 26.1. The third-order valence-electron chi connectivity index (χ3n) is 6.11. The maximum absolute atomic E-state index is 13.0. The van der Waals surface area contributed by atoms with E-state index in [0.717, 1.165) is 33.8 Å². The van der Waals surface area contributed by atoms with Crippen LogP contribution in [0.4, 0.5) is 10.5 Å². The lowest BCUT2D eigenvalue weighted by atomic mass is 9.80. The van der Waals surface area contributed by atoms with Gasteiger partial charge in [-0.3, -0.25) is 0 Å². The summed E-state index contributed by atoms with van der Waals surface area (Å²) in [5.41, 5.74) is 4.34. The van der Waals surface area contributed by atoms with Crippen LogP contribution < -0.4 is 5.32 Å². The average Bonchev–Trinajstić information content (AvgIpc) is 3.23. The molecule has 0 aromatic heterocycles. The molecular weight excluding hydrogens is 396 g/mol. The van der Waals surface area contributed by atoms with Crippen molar-refractivity contribution in [3.05, 3.63) is 101 Å². The number of fused-ring (bicyclic) bond motifs is 3. The lowest BCUT2D eigenvalue weighted by Crippen LogP contribution is -2.37. The molecule has 3 aromatic rings. The van der Waals surface area contributed by atoms with Crippen molar-refractivity contribution in [3.8, 4) is 0 Å². The van der Waals surface area contributed by atoms with Gasteiger partial charge in [0.15, 0.2) is 0 Å². The van der Waals surface area contributed by atoms with Crippen molar-refractivity contribution in [1.82, 2.24) is 4.90 Å². The first-order chi connectivity index (χ1) is 14.7. The molecule has 2 heterocycles. The fourth-order valence-corrected chi connectivity index (χ4v) is 4.96. The van der Waals surface area contributed by atoms with E-state index in [1.165, 1.54) is 0 Å².